The molecule has 1 aliphatic rings. The number of methoxy groups -OCH3 is 1. The van der Waals surface area contributed by atoms with E-state index in [9.17, 15) is 5.26 Å². The van der Waals surface area contributed by atoms with Crippen molar-refractivity contribution in [1.29, 1.82) is 5.26 Å². The lowest BCUT2D eigenvalue weighted by Crippen LogP contribution is -2.22. The third kappa shape index (κ3) is 2.46. The molecule has 2 rings (SSSR count). The van der Waals surface area contributed by atoms with Crippen LogP contribution in [0.4, 0.5) is 0 Å². The van der Waals surface area contributed by atoms with Crippen molar-refractivity contribution in [3.05, 3.63) is 29.3 Å². The SMILES string of the molecule is COc1ccc(C(N)C2(C#N)CC2)cc1C(C)(C)C. The Labute approximate surface area is 115 Å². The van der Waals surface area contributed by atoms with E-state index in [2.05, 4.69) is 32.9 Å². The average molecular weight is 258 g/mol. The van der Waals surface area contributed by atoms with E-state index in [1.54, 1.807) is 7.11 Å². The maximum atomic E-state index is 9.26. The molecular weight excluding hydrogens is 236 g/mol. The third-order valence-electron chi connectivity index (χ3n) is 4.00. The minimum atomic E-state index is -0.344. The van der Waals surface area contributed by atoms with Crippen molar-refractivity contribution >= 4 is 0 Å². The summed E-state index contributed by atoms with van der Waals surface area (Å²) in [5, 5.41) is 9.26. The number of benzene rings is 1. The van der Waals surface area contributed by atoms with E-state index in [0.717, 1.165) is 29.7 Å². The van der Waals surface area contributed by atoms with Crippen LogP contribution in [0.25, 0.3) is 0 Å². The number of hydrogen-bond acceptors (Lipinski definition) is 3. The lowest BCUT2D eigenvalue weighted by molar-refractivity contribution is 0.396. The van der Waals surface area contributed by atoms with Gasteiger partial charge in [-0.05, 0) is 41.5 Å². The normalized spacial score (nSPS) is 18.5. The van der Waals surface area contributed by atoms with E-state index in [1.807, 2.05) is 12.1 Å². The monoisotopic (exact) mass is 258 g/mol. The first-order valence-electron chi connectivity index (χ1n) is 6.69. The van der Waals surface area contributed by atoms with Crippen molar-refractivity contribution in [1.82, 2.24) is 0 Å². The Bertz CT molecular complexity index is 519. The van der Waals surface area contributed by atoms with Crippen LogP contribution in [0.3, 0.4) is 0 Å². The van der Waals surface area contributed by atoms with Crippen LogP contribution in [0.1, 0.15) is 50.8 Å². The Morgan fingerprint density at radius 2 is 2.00 bits per heavy atom. The molecule has 1 aromatic rings. The lowest BCUT2D eigenvalue weighted by atomic mass is 9.83. The van der Waals surface area contributed by atoms with Crippen molar-refractivity contribution in [3.8, 4) is 11.8 Å². The molecule has 0 bridgehead atoms. The van der Waals surface area contributed by atoms with Crippen molar-refractivity contribution in [2.45, 2.75) is 45.1 Å². The van der Waals surface area contributed by atoms with Gasteiger partial charge in [-0.15, -0.1) is 0 Å². The van der Waals surface area contributed by atoms with Gasteiger partial charge in [0.1, 0.15) is 5.75 Å². The van der Waals surface area contributed by atoms with Crippen molar-refractivity contribution in [3.63, 3.8) is 0 Å². The molecule has 2 N–H and O–H groups in total. The molecule has 3 nitrogen and oxygen atoms in total. The van der Waals surface area contributed by atoms with Gasteiger partial charge in [0.05, 0.1) is 18.6 Å². The standard InChI is InChI=1S/C16H22N2O/c1-15(2,3)12-9-11(5-6-13(12)19-4)14(18)16(10-17)7-8-16/h5-6,9,14H,7-8,18H2,1-4H3. The second kappa shape index (κ2) is 4.54. The molecule has 1 unspecified atom stereocenters. The molecule has 102 valence electrons. The first-order valence-corrected chi connectivity index (χ1v) is 6.69. The van der Waals surface area contributed by atoms with Gasteiger partial charge in [-0.1, -0.05) is 26.8 Å². The topological polar surface area (TPSA) is 59.0 Å². The molecule has 1 atom stereocenters. The summed E-state index contributed by atoms with van der Waals surface area (Å²) in [6, 6.07) is 8.22. The minimum absolute atomic E-state index is 0.00949. The zero-order chi connectivity index (χ0) is 14.3. The van der Waals surface area contributed by atoms with Gasteiger partial charge < -0.3 is 10.5 Å². The van der Waals surface area contributed by atoms with Gasteiger partial charge in [0.2, 0.25) is 0 Å². The average Bonchev–Trinajstić information content (AvgIpc) is 3.17. The Kier molecular flexibility index (Phi) is 3.32. The zero-order valence-corrected chi connectivity index (χ0v) is 12.2. The van der Waals surface area contributed by atoms with Crippen LogP contribution in [-0.4, -0.2) is 7.11 Å². The Balaban J connectivity index is 2.42. The highest BCUT2D eigenvalue weighted by molar-refractivity contribution is 5.43. The molecule has 1 saturated carbocycles. The van der Waals surface area contributed by atoms with Crippen LogP contribution in [0, 0.1) is 16.7 Å². The van der Waals surface area contributed by atoms with Gasteiger partial charge in [0.15, 0.2) is 0 Å². The summed E-state index contributed by atoms with van der Waals surface area (Å²) in [6.45, 7) is 6.45. The van der Waals surface area contributed by atoms with E-state index in [-0.39, 0.29) is 16.9 Å². The van der Waals surface area contributed by atoms with E-state index in [1.165, 1.54) is 0 Å². The number of nitrogens with two attached hydrogens (primary N) is 1. The molecule has 0 saturated heterocycles. The number of ether oxygens (including phenoxy) is 1. The summed E-state index contributed by atoms with van der Waals surface area (Å²) in [5.41, 5.74) is 8.10. The quantitative estimate of drug-likeness (QED) is 0.905. The molecule has 1 aliphatic carbocycles. The minimum Gasteiger partial charge on any atom is -0.496 e. The number of nitrogens with zero attached hydrogens (tertiary/aromatic N) is 1. The van der Waals surface area contributed by atoms with Gasteiger partial charge in [-0.25, -0.2) is 0 Å². The second-order valence-corrected chi connectivity index (χ2v) is 6.46. The summed E-state index contributed by atoms with van der Waals surface area (Å²) in [5.74, 6) is 0.880. The first-order chi connectivity index (χ1) is 8.84. The summed E-state index contributed by atoms with van der Waals surface area (Å²) in [7, 11) is 1.68. The van der Waals surface area contributed by atoms with E-state index in [4.69, 9.17) is 10.5 Å². The predicted molar refractivity (Wildman–Crippen MR) is 75.9 cm³/mol. The second-order valence-electron chi connectivity index (χ2n) is 6.46. The van der Waals surface area contributed by atoms with Crippen LogP contribution >= 0.6 is 0 Å². The summed E-state index contributed by atoms with van der Waals surface area (Å²) >= 11 is 0. The highest BCUT2D eigenvalue weighted by Gasteiger charge is 2.49. The third-order valence-corrected chi connectivity index (χ3v) is 4.00. The first kappa shape index (κ1) is 13.9. The van der Waals surface area contributed by atoms with E-state index >= 15 is 0 Å². The predicted octanol–water partition coefficient (Wildman–Crippen LogP) is 3.30. The van der Waals surface area contributed by atoms with Gasteiger partial charge in [-0.3, -0.25) is 0 Å². The molecule has 0 aromatic heterocycles. The lowest BCUT2D eigenvalue weighted by Gasteiger charge is -2.25. The molecule has 0 radical (unpaired) electrons. The molecule has 1 aromatic carbocycles. The maximum Gasteiger partial charge on any atom is 0.122 e. The van der Waals surface area contributed by atoms with Crippen molar-refractivity contribution in [2.24, 2.45) is 11.1 Å². The summed E-state index contributed by atoms with van der Waals surface area (Å²) in [4.78, 5) is 0. The van der Waals surface area contributed by atoms with Crippen LogP contribution in [-0.2, 0) is 5.41 Å². The number of rotatable bonds is 3. The Hall–Kier alpha value is -1.53. The van der Waals surface area contributed by atoms with Crippen LogP contribution in [0.15, 0.2) is 18.2 Å². The molecule has 0 amide bonds. The van der Waals surface area contributed by atoms with Gasteiger partial charge in [-0.2, -0.15) is 5.26 Å². The van der Waals surface area contributed by atoms with E-state index in [0.29, 0.717) is 0 Å². The highest BCUT2D eigenvalue weighted by atomic mass is 16.5. The van der Waals surface area contributed by atoms with Crippen LogP contribution in [0.5, 0.6) is 5.75 Å². The van der Waals surface area contributed by atoms with Gasteiger partial charge in [0.25, 0.3) is 0 Å². The Morgan fingerprint density at radius 1 is 1.37 bits per heavy atom. The summed E-state index contributed by atoms with van der Waals surface area (Å²) < 4.78 is 5.43. The molecule has 0 heterocycles. The molecular formula is C16H22N2O. The molecule has 1 fully saturated rings. The highest BCUT2D eigenvalue weighted by Crippen LogP contribution is 2.53. The number of nitriles is 1. The van der Waals surface area contributed by atoms with Crippen molar-refractivity contribution in [2.75, 3.05) is 7.11 Å². The van der Waals surface area contributed by atoms with Crippen LogP contribution in [0.2, 0.25) is 0 Å². The fraction of sp³-hybridized carbons (Fsp3) is 0.562. The fourth-order valence-corrected chi connectivity index (χ4v) is 2.45. The summed E-state index contributed by atoms with van der Waals surface area (Å²) in [6.07, 6.45) is 1.81. The molecule has 3 heteroatoms. The molecule has 0 aliphatic heterocycles. The largest absolute Gasteiger partial charge is 0.496 e. The molecule has 19 heavy (non-hydrogen) atoms. The van der Waals surface area contributed by atoms with E-state index < -0.39 is 0 Å². The molecule has 0 spiro atoms. The van der Waals surface area contributed by atoms with Gasteiger partial charge >= 0.3 is 0 Å². The van der Waals surface area contributed by atoms with Gasteiger partial charge in [0, 0.05) is 6.04 Å². The van der Waals surface area contributed by atoms with Crippen LogP contribution < -0.4 is 10.5 Å². The zero-order valence-electron chi connectivity index (χ0n) is 12.2. The Morgan fingerprint density at radius 3 is 2.42 bits per heavy atom. The number of hydrogen-bond donors (Lipinski definition) is 1. The van der Waals surface area contributed by atoms with Crippen molar-refractivity contribution < 1.29 is 4.74 Å². The smallest absolute Gasteiger partial charge is 0.122 e. The maximum absolute atomic E-state index is 9.26. The fourth-order valence-electron chi connectivity index (χ4n) is 2.45.